The maximum absolute atomic E-state index is 12.4. The summed E-state index contributed by atoms with van der Waals surface area (Å²) in [5.41, 5.74) is -0.649. The third-order valence-electron chi connectivity index (χ3n) is 1.89. The second kappa shape index (κ2) is 3.40. The van der Waals surface area contributed by atoms with E-state index in [1.807, 2.05) is 0 Å². The number of hydrogen-bond acceptors (Lipinski definition) is 1. The molecule has 0 fully saturated rings. The van der Waals surface area contributed by atoms with Gasteiger partial charge < -0.3 is 0 Å². The van der Waals surface area contributed by atoms with E-state index in [-0.39, 0.29) is 11.3 Å². The normalized spacial score (nSPS) is 11.5. The highest BCUT2D eigenvalue weighted by atomic mass is 19.4. The van der Waals surface area contributed by atoms with E-state index in [0.717, 1.165) is 13.1 Å². The Balaban J connectivity index is 3.29. The standard InChI is InChI=1S/C9H9F3NO/c1-6-3-4-7(13(2)14)5-8(6)9(10,11)12/h3-5H,1-2H3/q+1. The van der Waals surface area contributed by atoms with E-state index in [9.17, 15) is 18.1 Å². The van der Waals surface area contributed by atoms with Crippen molar-refractivity contribution >= 4 is 5.69 Å². The van der Waals surface area contributed by atoms with Crippen molar-refractivity contribution in [3.05, 3.63) is 34.2 Å². The van der Waals surface area contributed by atoms with Gasteiger partial charge in [0, 0.05) is 21.8 Å². The summed E-state index contributed by atoms with van der Waals surface area (Å²) >= 11 is 0. The summed E-state index contributed by atoms with van der Waals surface area (Å²) in [4.78, 5) is 10.8. The first-order valence-electron chi connectivity index (χ1n) is 3.91. The van der Waals surface area contributed by atoms with Crippen molar-refractivity contribution in [1.82, 2.24) is 0 Å². The molecule has 1 rings (SSSR count). The lowest BCUT2D eigenvalue weighted by Gasteiger charge is -2.08. The van der Waals surface area contributed by atoms with Crippen molar-refractivity contribution in [2.75, 3.05) is 7.05 Å². The average molecular weight is 204 g/mol. The first-order valence-corrected chi connectivity index (χ1v) is 3.91. The predicted molar refractivity (Wildman–Crippen MR) is 45.4 cm³/mol. The molecule has 0 bridgehead atoms. The lowest BCUT2D eigenvalue weighted by Crippen LogP contribution is -2.08. The number of rotatable bonds is 1. The van der Waals surface area contributed by atoms with Gasteiger partial charge in [-0.25, -0.2) is 0 Å². The first kappa shape index (κ1) is 10.7. The van der Waals surface area contributed by atoms with Crippen LogP contribution in [0.5, 0.6) is 0 Å². The zero-order valence-corrected chi connectivity index (χ0v) is 7.72. The number of halogens is 3. The summed E-state index contributed by atoms with van der Waals surface area (Å²) in [5, 5.41) is 0. The van der Waals surface area contributed by atoms with Crippen molar-refractivity contribution < 1.29 is 17.9 Å². The van der Waals surface area contributed by atoms with Crippen LogP contribution >= 0.6 is 0 Å². The van der Waals surface area contributed by atoms with Crippen molar-refractivity contribution in [2.45, 2.75) is 13.1 Å². The van der Waals surface area contributed by atoms with Gasteiger partial charge in [0.25, 0.3) is 5.69 Å². The maximum atomic E-state index is 12.4. The third kappa shape index (κ3) is 2.10. The minimum Gasteiger partial charge on any atom is -0.166 e. The molecule has 5 heteroatoms. The molecule has 2 nitrogen and oxygen atoms in total. The van der Waals surface area contributed by atoms with Crippen LogP contribution in [0, 0.1) is 11.8 Å². The predicted octanol–water partition coefficient (Wildman–Crippen LogP) is 3.05. The molecule has 0 aliphatic carbocycles. The highest BCUT2D eigenvalue weighted by Crippen LogP contribution is 2.33. The number of alkyl halides is 3. The van der Waals surface area contributed by atoms with Crippen LogP contribution in [0.1, 0.15) is 11.1 Å². The van der Waals surface area contributed by atoms with E-state index >= 15 is 0 Å². The van der Waals surface area contributed by atoms with Crippen molar-refractivity contribution in [3.8, 4) is 0 Å². The van der Waals surface area contributed by atoms with Crippen LogP contribution in [0.4, 0.5) is 18.9 Å². The molecule has 0 aliphatic heterocycles. The molecule has 0 aliphatic rings. The first-order chi connectivity index (χ1) is 6.32. The van der Waals surface area contributed by atoms with E-state index in [1.165, 1.54) is 19.1 Å². The molecule has 0 saturated carbocycles. The van der Waals surface area contributed by atoms with E-state index in [0.29, 0.717) is 4.76 Å². The molecule has 0 atom stereocenters. The van der Waals surface area contributed by atoms with Crippen LogP contribution in [-0.2, 0) is 6.18 Å². The Morgan fingerprint density at radius 3 is 2.29 bits per heavy atom. The third-order valence-corrected chi connectivity index (χ3v) is 1.89. The number of hydrogen-bond donors (Lipinski definition) is 0. The van der Waals surface area contributed by atoms with E-state index in [1.54, 1.807) is 0 Å². The van der Waals surface area contributed by atoms with Gasteiger partial charge in [0.05, 0.1) is 5.56 Å². The smallest absolute Gasteiger partial charge is 0.166 e. The quantitative estimate of drug-likeness (QED) is 0.643. The Hall–Kier alpha value is -1.39. The van der Waals surface area contributed by atoms with Crippen molar-refractivity contribution in [1.29, 1.82) is 0 Å². The highest BCUT2D eigenvalue weighted by Gasteiger charge is 2.33. The van der Waals surface area contributed by atoms with Crippen molar-refractivity contribution in [3.63, 3.8) is 0 Å². The van der Waals surface area contributed by atoms with Crippen LogP contribution in [0.15, 0.2) is 18.2 Å². The van der Waals surface area contributed by atoms with E-state index in [2.05, 4.69) is 0 Å². The van der Waals surface area contributed by atoms with Gasteiger partial charge in [0.1, 0.15) is 0 Å². The molecule has 76 valence electrons. The van der Waals surface area contributed by atoms with Crippen LogP contribution in [0.25, 0.3) is 0 Å². The van der Waals surface area contributed by atoms with Gasteiger partial charge in [-0.05, 0) is 12.5 Å². The molecule has 0 heterocycles. The second-order valence-electron chi connectivity index (χ2n) is 2.99. The second-order valence-corrected chi connectivity index (χ2v) is 2.99. The number of aryl methyl sites for hydroxylation is 1. The molecule has 0 amide bonds. The zero-order chi connectivity index (χ0) is 10.9. The molecule has 0 aromatic heterocycles. The SMILES string of the molecule is Cc1ccc([N+](C)=O)cc1C(F)(F)F. The topological polar surface area (TPSA) is 20.1 Å². The molecule has 0 saturated heterocycles. The van der Waals surface area contributed by atoms with Gasteiger partial charge in [-0.15, -0.1) is 0 Å². The molecular weight excluding hydrogens is 195 g/mol. The molecule has 1 aromatic carbocycles. The van der Waals surface area contributed by atoms with Gasteiger partial charge in [0.2, 0.25) is 0 Å². The molecule has 0 radical (unpaired) electrons. The minimum absolute atomic E-state index is 0.00271. The summed E-state index contributed by atoms with van der Waals surface area (Å²) in [6.07, 6.45) is -4.41. The van der Waals surface area contributed by atoms with Crippen molar-refractivity contribution in [2.24, 2.45) is 0 Å². The van der Waals surface area contributed by atoms with Gasteiger partial charge >= 0.3 is 6.18 Å². The van der Waals surface area contributed by atoms with E-state index < -0.39 is 11.7 Å². The summed E-state index contributed by atoms with van der Waals surface area (Å²) in [7, 11) is 1.16. The van der Waals surface area contributed by atoms with Crippen LogP contribution in [0.3, 0.4) is 0 Å². The number of nitroso groups, excluding NO2 is 1. The molecule has 0 N–H and O–H groups in total. The molecular formula is C9H9F3NO+. The Bertz CT molecular complexity index is 371. The monoisotopic (exact) mass is 204 g/mol. The fraction of sp³-hybridized carbons (Fsp3) is 0.333. The lowest BCUT2D eigenvalue weighted by molar-refractivity contribution is -0.428. The number of nitrogens with zero attached hydrogens (tertiary/aromatic N) is 1. The fourth-order valence-corrected chi connectivity index (χ4v) is 1.11. The van der Waals surface area contributed by atoms with Crippen LogP contribution in [0.2, 0.25) is 0 Å². The average Bonchev–Trinajstić information content (AvgIpc) is 2.02. The zero-order valence-electron chi connectivity index (χ0n) is 7.72. The van der Waals surface area contributed by atoms with Gasteiger partial charge in [0.15, 0.2) is 7.05 Å². The van der Waals surface area contributed by atoms with E-state index in [4.69, 9.17) is 0 Å². The maximum Gasteiger partial charge on any atom is 0.416 e. The van der Waals surface area contributed by atoms with Gasteiger partial charge in [-0.1, -0.05) is 6.07 Å². The van der Waals surface area contributed by atoms with Crippen LogP contribution in [-0.4, -0.2) is 11.8 Å². The molecule has 14 heavy (non-hydrogen) atoms. The van der Waals surface area contributed by atoms with Gasteiger partial charge in [-0.3, -0.25) is 0 Å². The summed E-state index contributed by atoms with van der Waals surface area (Å²) in [6, 6.07) is 3.49. The molecule has 0 spiro atoms. The minimum atomic E-state index is -4.41. The fourth-order valence-electron chi connectivity index (χ4n) is 1.11. The van der Waals surface area contributed by atoms with Gasteiger partial charge in [-0.2, -0.15) is 13.2 Å². The molecule has 1 aromatic rings. The summed E-state index contributed by atoms with van der Waals surface area (Å²) in [6.45, 7) is 1.36. The Labute approximate surface area is 78.9 Å². The highest BCUT2D eigenvalue weighted by molar-refractivity contribution is 5.40. The number of benzene rings is 1. The van der Waals surface area contributed by atoms with Crippen LogP contribution < -0.4 is 0 Å². The Morgan fingerprint density at radius 2 is 1.86 bits per heavy atom. The Morgan fingerprint density at radius 1 is 1.29 bits per heavy atom. The summed E-state index contributed by atoms with van der Waals surface area (Å²) < 4.78 is 37.5. The summed E-state index contributed by atoms with van der Waals surface area (Å²) in [5.74, 6) is 0. The molecule has 0 unspecified atom stereocenters. The largest absolute Gasteiger partial charge is 0.416 e. The lowest BCUT2D eigenvalue weighted by atomic mass is 10.1. The Kier molecular flexibility index (Phi) is 2.59.